The van der Waals surface area contributed by atoms with E-state index in [-0.39, 0.29) is 10.9 Å². The van der Waals surface area contributed by atoms with Crippen LogP contribution in [-0.4, -0.2) is 15.4 Å². The van der Waals surface area contributed by atoms with Gasteiger partial charge in [0.1, 0.15) is 0 Å². The summed E-state index contributed by atoms with van der Waals surface area (Å²) in [6, 6.07) is 1.30. The van der Waals surface area contributed by atoms with Crippen molar-refractivity contribution in [2.24, 2.45) is 0 Å². The van der Waals surface area contributed by atoms with Crippen molar-refractivity contribution in [2.45, 2.75) is 24.8 Å². The molecule has 0 saturated heterocycles. The third-order valence-corrected chi connectivity index (χ3v) is 2.90. The molecule has 1 rings (SSSR count). The maximum absolute atomic E-state index is 13.3. The molecule has 3 nitrogen and oxygen atoms in total. The molecule has 0 saturated carbocycles. The summed E-state index contributed by atoms with van der Waals surface area (Å²) in [4.78, 5) is 3.73. The zero-order chi connectivity index (χ0) is 10.9. The van der Waals surface area contributed by atoms with Crippen LogP contribution in [0, 0.1) is 10.6 Å². The first kappa shape index (κ1) is 11.1. The van der Waals surface area contributed by atoms with Gasteiger partial charge in [0.05, 0.1) is 9.73 Å². The minimum absolute atomic E-state index is 0.171. The summed E-state index contributed by atoms with van der Waals surface area (Å²) in [5, 5.41) is -0.262. The van der Waals surface area contributed by atoms with Gasteiger partial charge >= 0.3 is 0 Å². The van der Waals surface area contributed by atoms with Crippen molar-refractivity contribution in [1.82, 2.24) is 4.98 Å². The van der Waals surface area contributed by atoms with Crippen LogP contribution in [0.3, 0.4) is 0 Å². The Hall–Kier alpha value is -0.970. The Morgan fingerprint density at radius 1 is 1.57 bits per heavy atom. The molecule has 1 atom stereocenters. The Balaban J connectivity index is 3.28. The highest BCUT2D eigenvalue weighted by atomic mass is 32.2. The largest absolute Gasteiger partial charge is 0.248 e. The molecule has 78 valence electrons. The molecule has 0 aromatic carbocycles. The van der Waals surface area contributed by atoms with Crippen LogP contribution in [0.1, 0.15) is 25.3 Å². The highest BCUT2D eigenvalue weighted by Crippen LogP contribution is 2.18. The molecule has 0 aliphatic rings. The summed E-state index contributed by atoms with van der Waals surface area (Å²) in [5.74, 6) is -0.483. The lowest BCUT2D eigenvalue weighted by Crippen LogP contribution is -2.04. The van der Waals surface area contributed by atoms with Gasteiger partial charge in [-0.15, -0.1) is 0 Å². The predicted molar refractivity (Wildman–Crippen MR) is 53.3 cm³/mol. The molecule has 0 radical (unpaired) electrons. The first-order chi connectivity index (χ1) is 6.32. The minimum atomic E-state index is -3.06. The maximum atomic E-state index is 13.3. The smallest absolute Gasteiger partial charge is 0.171 e. The standard InChI is InChI=1S/C9H13FN2OS/c1-6(2)7-4-8(10)9(12-5-7)14(3,11)13/h4-6,11H,1-3H3. The summed E-state index contributed by atoms with van der Waals surface area (Å²) in [5.41, 5.74) is 0.745. The molecule has 0 amide bonds. The van der Waals surface area contributed by atoms with Crippen molar-refractivity contribution in [3.63, 3.8) is 0 Å². The van der Waals surface area contributed by atoms with E-state index in [0.29, 0.717) is 0 Å². The van der Waals surface area contributed by atoms with Crippen molar-refractivity contribution in [3.8, 4) is 0 Å². The number of nitrogens with zero attached hydrogens (tertiary/aromatic N) is 1. The first-order valence-corrected chi connectivity index (χ1v) is 6.18. The average Bonchev–Trinajstić information content (AvgIpc) is 2.01. The highest BCUT2D eigenvalue weighted by molar-refractivity contribution is 7.91. The van der Waals surface area contributed by atoms with E-state index in [2.05, 4.69) is 4.98 Å². The lowest BCUT2D eigenvalue weighted by atomic mass is 10.1. The van der Waals surface area contributed by atoms with Gasteiger partial charge in [-0.25, -0.2) is 18.4 Å². The normalized spacial score (nSPS) is 15.5. The molecule has 1 N–H and O–H groups in total. The van der Waals surface area contributed by atoms with Crippen molar-refractivity contribution in [1.29, 1.82) is 4.78 Å². The summed E-state index contributed by atoms with van der Waals surface area (Å²) in [6.07, 6.45) is 2.63. The number of aromatic nitrogens is 1. The number of pyridine rings is 1. The summed E-state index contributed by atoms with van der Waals surface area (Å²) in [6.45, 7) is 3.83. The van der Waals surface area contributed by atoms with Crippen LogP contribution < -0.4 is 0 Å². The molecule has 0 spiro atoms. The maximum Gasteiger partial charge on any atom is 0.171 e. The topological polar surface area (TPSA) is 53.8 Å². The van der Waals surface area contributed by atoms with Gasteiger partial charge in [0.15, 0.2) is 10.8 Å². The van der Waals surface area contributed by atoms with E-state index in [4.69, 9.17) is 4.78 Å². The quantitative estimate of drug-likeness (QED) is 0.825. The first-order valence-electron chi connectivity index (χ1n) is 4.21. The van der Waals surface area contributed by atoms with E-state index >= 15 is 0 Å². The summed E-state index contributed by atoms with van der Waals surface area (Å²) in [7, 11) is -3.06. The Bertz CT molecular complexity index is 440. The van der Waals surface area contributed by atoms with Crippen LogP contribution in [0.2, 0.25) is 0 Å². The fraction of sp³-hybridized carbons (Fsp3) is 0.444. The molecule has 1 aromatic rings. The van der Waals surface area contributed by atoms with Crippen molar-refractivity contribution >= 4 is 9.73 Å². The van der Waals surface area contributed by atoms with E-state index in [9.17, 15) is 8.60 Å². The fourth-order valence-electron chi connectivity index (χ4n) is 1.04. The third-order valence-electron chi connectivity index (χ3n) is 1.86. The Morgan fingerprint density at radius 3 is 2.50 bits per heavy atom. The van der Waals surface area contributed by atoms with Gasteiger partial charge in [0.25, 0.3) is 0 Å². The van der Waals surface area contributed by atoms with Gasteiger partial charge < -0.3 is 0 Å². The van der Waals surface area contributed by atoms with Crippen molar-refractivity contribution < 1.29 is 8.60 Å². The summed E-state index contributed by atoms with van der Waals surface area (Å²) < 4.78 is 31.8. The van der Waals surface area contributed by atoms with Crippen LogP contribution >= 0.6 is 0 Å². The molecular weight excluding hydrogens is 203 g/mol. The second kappa shape index (κ2) is 3.65. The van der Waals surface area contributed by atoms with Gasteiger partial charge in [0, 0.05) is 12.5 Å². The average molecular weight is 216 g/mol. The number of hydrogen-bond acceptors (Lipinski definition) is 3. The molecule has 0 bridgehead atoms. The molecule has 14 heavy (non-hydrogen) atoms. The second-order valence-corrected chi connectivity index (χ2v) is 5.63. The lowest BCUT2D eigenvalue weighted by molar-refractivity contribution is 0.573. The second-order valence-electron chi connectivity index (χ2n) is 3.55. The predicted octanol–water partition coefficient (Wildman–Crippen LogP) is 2.38. The van der Waals surface area contributed by atoms with Gasteiger partial charge in [-0.05, 0) is 17.5 Å². The van der Waals surface area contributed by atoms with E-state index in [1.54, 1.807) is 0 Å². The van der Waals surface area contributed by atoms with Gasteiger partial charge in [0.2, 0.25) is 0 Å². The van der Waals surface area contributed by atoms with Crippen LogP contribution in [0.5, 0.6) is 0 Å². The Kier molecular flexibility index (Phi) is 2.89. The summed E-state index contributed by atoms with van der Waals surface area (Å²) >= 11 is 0. The molecule has 0 aliphatic heterocycles. The number of rotatable bonds is 2. The van der Waals surface area contributed by atoms with Crippen LogP contribution in [0.25, 0.3) is 0 Å². The van der Waals surface area contributed by atoms with Crippen LogP contribution in [0.15, 0.2) is 17.3 Å². The van der Waals surface area contributed by atoms with E-state index in [1.807, 2.05) is 13.8 Å². The zero-order valence-electron chi connectivity index (χ0n) is 8.37. The number of halogens is 1. The third kappa shape index (κ3) is 2.29. The lowest BCUT2D eigenvalue weighted by Gasteiger charge is -2.07. The molecule has 1 aromatic heterocycles. The van der Waals surface area contributed by atoms with Gasteiger partial charge in [-0.2, -0.15) is 0 Å². The SMILES string of the molecule is CC(C)c1cnc(S(C)(=N)=O)c(F)c1. The van der Waals surface area contributed by atoms with E-state index in [1.165, 1.54) is 12.3 Å². The molecule has 5 heteroatoms. The highest BCUT2D eigenvalue weighted by Gasteiger charge is 2.13. The molecule has 1 heterocycles. The monoisotopic (exact) mass is 216 g/mol. The van der Waals surface area contributed by atoms with E-state index in [0.717, 1.165) is 11.8 Å². The molecule has 0 fully saturated rings. The van der Waals surface area contributed by atoms with Crippen LogP contribution in [-0.2, 0) is 9.73 Å². The zero-order valence-corrected chi connectivity index (χ0v) is 9.19. The van der Waals surface area contributed by atoms with Crippen molar-refractivity contribution in [2.75, 3.05) is 6.26 Å². The Labute approximate surface area is 83.3 Å². The number of hydrogen-bond donors (Lipinski definition) is 1. The molecule has 1 unspecified atom stereocenters. The van der Waals surface area contributed by atoms with Gasteiger partial charge in [-0.1, -0.05) is 13.8 Å². The van der Waals surface area contributed by atoms with Crippen molar-refractivity contribution in [3.05, 3.63) is 23.6 Å². The Morgan fingerprint density at radius 2 is 2.14 bits per heavy atom. The van der Waals surface area contributed by atoms with E-state index < -0.39 is 15.5 Å². The number of nitrogens with one attached hydrogen (secondary N) is 1. The fourth-order valence-corrected chi connectivity index (χ4v) is 1.73. The molecule has 0 aliphatic carbocycles. The van der Waals surface area contributed by atoms with Gasteiger partial charge in [-0.3, -0.25) is 0 Å². The molecular formula is C9H13FN2OS. The van der Waals surface area contributed by atoms with Crippen LogP contribution in [0.4, 0.5) is 4.39 Å². The minimum Gasteiger partial charge on any atom is -0.248 e.